The van der Waals surface area contributed by atoms with Gasteiger partial charge in [0.25, 0.3) is 0 Å². The number of amides is 1. The van der Waals surface area contributed by atoms with E-state index in [1.807, 2.05) is 30.3 Å². The Morgan fingerprint density at radius 1 is 1.03 bits per heavy atom. The Kier molecular flexibility index (Phi) is 5.73. The molecule has 2 saturated carbocycles. The zero-order valence-corrected chi connectivity index (χ0v) is 18.1. The number of nitrogens with zero attached hydrogens (tertiary/aromatic N) is 1. The van der Waals surface area contributed by atoms with E-state index >= 15 is 0 Å². The molecule has 0 saturated heterocycles. The third-order valence-corrected chi connectivity index (χ3v) is 7.47. The largest absolute Gasteiger partial charge is 0.457 e. The van der Waals surface area contributed by atoms with Crippen LogP contribution >= 0.6 is 0 Å². The topological polar surface area (TPSA) is 75.7 Å². The molecular formula is C23H28N2O4S. The number of carbonyl (C=O) groups is 1. The number of sulfonamides is 1. The Hall–Kier alpha value is -2.54. The number of hydrogen-bond donors (Lipinski definition) is 1. The molecule has 160 valence electrons. The normalized spacial score (nSPS) is 23.7. The molecular weight excluding hydrogens is 400 g/mol. The van der Waals surface area contributed by atoms with E-state index in [0.29, 0.717) is 29.0 Å². The van der Waals surface area contributed by atoms with E-state index in [1.165, 1.54) is 17.1 Å². The van der Waals surface area contributed by atoms with Crippen molar-refractivity contribution in [2.75, 3.05) is 10.6 Å². The lowest BCUT2D eigenvalue weighted by atomic mass is 9.95. The van der Waals surface area contributed by atoms with Gasteiger partial charge >= 0.3 is 0 Å². The zero-order chi connectivity index (χ0) is 21.3. The molecule has 0 spiro atoms. The molecule has 2 aromatic rings. The molecule has 6 nitrogen and oxygen atoms in total. The van der Waals surface area contributed by atoms with Gasteiger partial charge in [-0.05, 0) is 74.4 Å². The summed E-state index contributed by atoms with van der Waals surface area (Å²) in [5, 5.41) is 3.11. The first-order valence-corrected chi connectivity index (χ1v) is 12.3. The number of benzene rings is 2. The van der Waals surface area contributed by atoms with Crippen molar-refractivity contribution in [3.05, 3.63) is 54.6 Å². The fraction of sp³-hybridized carbons (Fsp3) is 0.435. The average molecular weight is 429 g/mol. The van der Waals surface area contributed by atoms with Crippen molar-refractivity contribution in [1.82, 2.24) is 5.32 Å². The number of nitrogens with one attached hydrogen (secondary N) is 1. The zero-order valence-electron chi connectivity index (χ0n) is 17.3. The summed E-state index contributed by atoms with van der Waals surface area (Å²) >= 11 is 0. The van der Waals surface area contributed by atoms with Gasteiger partial charge in [0.1, 0.15) is 17.5 Å². The molecule has 1 N–H and O–H groups in total. The van der Waals surface area contributed by atoms with Crippen LogP contribution in [-0.4, -0.2) is 32.7 Å². The first kappa shape index (κ1) is 20.7. The van der Waals surface area contributed by atoms with E-state index in [-0.39, 0.29) is 11.9 Å². The van der Waals surface area contributed by atoms with E-state index in [0.717, 1.165) is 19.1 Å². The van der Waals surface area contributed by atoms with Gasteiger partial charge in [-0.3, -0.25) is 9.10 Å². The number of para-hydroxylation sites is 1. The summed E-state index contributed by atoms with van der Waals surface area (Å²) in [5.74, 6) is 2.29. The van der Waals surface area contributed by atoms with Crippen LogP contribution in [0, 0.1) is 11.8 Å². The molecule has 2 aliphatic rings. The van der Waals surface area contributed by atoms with Crippen LogP contribution in [0.25, 0.3) is 0 Å². The molecule has 0 radical (unpaired) electrons. The van der Waals surface area contributed by atoms with Crippen molar-refractivity contribution < 1.29 is 17.9 Å². The van der Waals surface area contributed by atoms with Gasteiger partial charge in [-0.2, -0.15) is 0 Å². The predicted octanol–water partition coefficient (Wildman–Crippen LogP) is 3.94. The van der Waals surface area contributed by atoms with Gasteiger partial charge < -0.3 is 10.1 Å². The summed E-state index contributed by atoms with van der Waals surface area (Å²) in [6, 6.07) is 15.4. The SMILES string of the molecule is C[C@H](C(=O)N[C@@H]1C[C@H]2CC[C@H]1C2)N(c1ccc(Oc2ccccc2)cc1)S(C)(=O)=O. The van der Waals surface area contributed by atoms with Crippen molar-refractivity contribution >= 4 is 21.6 Å². The van der Waals surface area contributed by atoms with Crippen molar-refractivity contribution in [2.45, 2.75) is 44.7 Å². The molecule has 4 atom stereocenters. The number of fused-ring (bicyclic) bond motifs is 2. The fourth-order valence-electron chi connectivity index (χ4n) is 4.82. The third-order valence-electron chi connectivity index (χ3n) is 6.22. The second kappa shape index (κ2) is 8.30. The van der Waals surface area contributed by atoms with Crippen LogP contribution in [0.1, 0.15) is 32.6 Å². The van der Waals surface area contributed by atoms with Gasteiger partial charge in [-0.25, -0.2) is 8.42 Å². The maximum Gasteiger partial charge on any atom is 0.243 e. The van der Waals surface area contributed by atoms with E-state index in [4.69, 9.17) is 4.74 Å². The average Bonchev–Trinajstić information content (AvgIpc) is 3.32. The van der Waals surface area contributed by atoms with Gasteiger partial charge in [-0.15, -0.1) is 0 Å². The third kappa shape index (κ3) is 4.46. The Morgan fingerprint density at radius 3 is 2.27 bits per heavy atom. The van der Waals surface area contributed by atoms with Crippen LogP contribution in [0.2, 0.25) is 0 Å². The summed E-state index contributed by atoms with van der Waals surface area (Å²) in [4.78, 5) is 12.9. The van der Waals surface area contributed by atoms with Crippen LogP contribution in [-0.2, 0) is 14.8 Å². The summed E-state index contributed by atoms with van der Waals surface area (Å²) in [7, 11) is -3.65. The minimum Gasteiger partial charge on any atom is -0.457 e. The van der Waals surface area contributed by atoms with Crippen LogP contribution in [0.3, 0.4) is 0 Å². The van der Waals surface area contributed by atoms with Gasteiger partial charge in [0.2, 0.25) is 15.9 Å². The van der Waals surface area contributed by atoms with Crippen molar-refractivity contribution in [3.63, 3.8) is 0 Å². The second-order valence-corrected chi connectivity index (χ2v) is 10.3. The minimum absolute atomic E-state index is 0.168. The predicted molar refractivity (Wildman–Crippen MR) is 117 cm³/mol. The van der Waals surface area contributed by atoms with Crippen molar-refractivity contribution in [2.24, 2.45) is 11.8 Å². The fourth-order valence-corrected chi connectivity index (χ4v) is 5.99. The quantitative estimate of drug-likeness (QED) is 0.725. The molecule has 2 aliphatic carbocycles. The smallest absolute Gasteiger partial charge is 0.243 e. The van der Waals surface area contributed by atoms with Gasteiger partial charge in [-0.1, -0.05) is 24.6 Å². The monoisotopic (exact) mass is 428 g/mol. The Bertz CT molecular complexity index is 992. The molecule has 0 aromatic heterocycles. The van der Waals surface area contributed by atoms with Crippen LogP contribution in [0.15, 0.2) is 54.6 Å². The summed E-state index contributed by atoms with van der Waals surface area (Å²) < 4.78 is 32.0. The number of hydrogen-bond acceptors (Lipinski definition) is 4. The second-order valence-electron chi connectivity index (χ2n) is 8.43. The molecule has 4 rings (SSSR count). The molecule has 7 heteroatoms. The maximum absolute atomic E-state index is 12.9. The summed E-state index contributed by atoms with van der Waals surface area (Å²) in [6.07, 6.45) is 5.72. The first-order chi connectivity index (χ1) is 14.3. The molecule has 2 bridgehead atoms. The lowest BCUT2D eigenvalue weighted by Crippen LogP contribution is -2.51. The van der Waals surface area contributed by atoms with E-state index in [2.05, 4.69) is 5.32 Å². The van der Waals surface area contributed by atoms with E-state index in [1.54, 1.807) is 31.2 Å². The lowest BCUT2D eigenvalue weighted by molar-refractivity contribution is -0.122. The lowest BCUT2D eigenvalue weighted by Gasteiger charge is -2.31. The van der Waals surface area contributed by atoms with Crippen LogP contribution < -0.4 is 14.4 Å². The van der Waals surface area contributed by atoms with E-state index < -0.39 is 16.1 Å². The highest BCUT2D eigenvalue weighted by atomic mass is 32.2. The summed E-state index contributed by atoms with van der Waals surface area (Å²) in [5.41, 5.74) is 0.438. The van der Waals surface area contributed by atoms with Gasteiger partial charge in [0.05, 0.1) is 11.9 Å². The van der Waals surface area contributed by atoms with Crippen molar-refractivity contribution in [1.29, 1.82) is 0 Å². The Balaban J connectivity index is 1.48. The molecule has 2 fully saturated rings. The first-order valence-electron chi connectivity index (χ1n) is 10.4. The van der Waals surface area contributed by atoms with Crippen molar-refractivity contribution in [3.8, 4) is 11.5 Å². The molecule has 30 heavy (non-hydrogen) atoms. The molecule has 0 aliphatic heterocycles. The standard InChI is InChI=1S/C23H28N2O4S/c1-16(23(26)24-22-15-17-8-9-18(22)14-17)25(30(2,27)28)19-10-12-21(13-11-19)29-20-6-4-3-5-7-20/h3-7,10-13,16-18,22H,8-9,14-15H2,1-2H3,(H,24,26)/t16-,17+,18+,22-/m1/s1. The summed E-state index contributed by atoms with van der Waals surface area (Å²) in [6.45, 7) is 1.64. The highest BCUT2D eigenvalue weighted by Crippen LogP contribution is 2.44. The van der Waals surface area contributed by atoms with Gasteiger partial charge in [0.15, 0.2) is 0 Å². The Morgan fingerprint density at radius 2 is 1.70 bits per heavy atom. The number of ether oxygens (including phenoxy) is 1. The van der Waals surface area contributed by atoms with E-state index in [9.17, 15) is 13.2 Å². The molecule has 0 unspecified atom stereocenters. The number of rotatable bonds is 7. The Labute approximate surface area is 178 Å². The van der Waals surface area contributed by atoms with Gasteiger partial charge in [0, 0.05) is 6.04 Å². The molecule has 1 amide bonds. The maximum atomic E-state index is 12.9. The highest BCUT2D eigenvalue weighted by Gasteiger charge is 2.41. The highest BCUT2D eigenvalue weighted by molar-refractivity contribution is 7.92. The minimum atomic E-state index is -3.65. The van der Waals surface area contributed by atoms with Crippen LogP contribution in [0.5, 0.6) is 11.5 Å². The molecule has 2 aromatic carbocycles. The number of carbonyl (C=O) groups excluding carboxylic acids is 1. The number of anilines is 1. The molecule has 0 heterocycles. The van der Waals surface area contributed by atoms with Crippen LogP contribution in [0.4, 0.5) is 5.69 Å².